The van der Waals surface area contributed by atoms with Gasteiger partial charge in [0.05, 0.1) is 18.6 Å². The Morgan fingerprint density at radius 1 is 1.40 bits per heavy atom. The molecule has 20 heavy (non-hydrogen) atoms. The highest BCUT2D eigenvalue weighted by atomic mass is 19.1. The van der Waals surface area contributed by atoms with Crippen molar-refractivity contribution >= 4 is 5.91 Å². The zero-order chi connectivity index (χ0) is 14.5. The van der Waals surface area contributed by atoms with Gasteiger partial charge >= 0.3 is 0 Å². The van der Waals surface area contributed by atoms with E-state index in [9.17, 15) is 18.7 Å². The van der Waals surface area contributed by atoms with Crippen LogP contribution >= 0.6 is 0 Å². The van der Waals surface area contributed by atoms with Gasteiger partial charge in [-0.15, -0.1) is 0 Å². The Hall–Kier alpha value is -1.69. The van der Waals surface area contributed by atoms with Gasteiger partial charge in [-0.2, -0.15) is 0 Å². The van der Waals surface area contributed by atoms with Crippen LogP contribution in [-0.2, 0) is 4.79 Å². The number of hydrogen-bond acceptors (Lipinski definition) is 3. The molecule has 0 heterocycles. The van der Waals surface area contributed by atoms with Crippen molar-refractivity contribution in [2.45, 2.75) is 25.4 Å². The predicted octanol–water partition coefficient (Wildman–Crippen LogP) is 1.62. The summed E-state index contributed by atoms with van der Waals surface area (Å²) in [5.41, 5.74) is 0. The summed E-state index contributed by atoms with van der Waals surface area (Å²) in [7, 11) is 0. The van der Waals surface area contributed by atoms with Gasteiger partial charge in [0.25, 0.3) is 0 Å². The zero-order valence-electron chi connectivity index (χ0n) is 10.9. The molecule has 1 amide bonds. The maximum Gasteiger partial charge on any atom is 0.225 e. The topological polar surface area (TPSA) is 58.6 Å². The van der Waals surface area contributed by atoms with Crippen molar-refractivity contribution < 1.29 is 23.4 Å². The lowest BCUT2D eigenvalue weighted by molar-refractivity contribution is -0.127. The Balaban J connectivity index is 1.72. The van der Waals surface area contributed by atoms with Crippen molar-refractivity contribution in [2.24, 2.45) is 5.92 Å². The molecule has 1 saturated carbocycles. The molecule has 2 atom stereocenters. The smallest absolute Gasteiger partial charge is 0.225 e. The number of carbonyl (C=O) groups excluding carboxylic acids is 1. The molecule has 0 saturated heterocycles. The molecule has 2 N–H and O–H groups in total. The second kappa shape index (κ2) is 6.65. The van der Waals surface area contributed by atoms with Crippen LogP contribution in [0.1, 0.15) is 19.3 Å². The second-order valence-electron chi connectivity index (χ2n) is 4.82. The molecular formula is C14H17F2NO3. The molecule has 2 unspecified atom stereocenters. The van der Waals surface area contributed by atoms with Crippen molar-refractivity contribution in [1.29, 1.82) is 0 Å². The van der Waals surface area contributed by atoms with Crippen molar-refractivity contribution in [3.63, 3.8) is 0 Å². The molecule has 1 aliphatic rings. The fourth-order valence-corrected chi connectivity index (χ4v) is 2.30. The Kier molecular flexibility index (Phi) is 4.89. The average Bonchev–Trinajstić information content (AvgIpc) is 2.83. The highest BCUT2D eigenvalue weighted by molar-refractivity contribution is 5.79. The van der Waals surface area contributed by atoms with Gasteiger partial charge in [0.1, 0.15) is 12.4 Å². The fourth-order valence-electron chi connectivity index (χ4n) is 2.30. The van der Waals surface area contributed by atoms with Crippen molar-refractivity contribution in [2.75, 3.05) is 13.2 Å². The summed E-state index contributed by atoms with van der Waals surface area (Å²) >= 11 is 0. The van der Waals surface area contributed by atoms with Crippen LogP contribution in [0.25, 0.3) is 0 Å². The van der Waals surface area contributed by atoms with E-state index in [1.54, 1.807) is 0 Å². The van der Waals surface area contributed by atoms with E-state index in [1.165, 1.54) is 6.07 Å². The monoisotopic (exact) mass is 285 g/mol. The summed E-state index contributed by atoms with van der Waals surface area (Å²) in [5, 5.41) is 12.2. The van der Waals surface area contributed by atoms with Gasteiger partial charge in [-0.25, -0.2) is 8.78 Å². The van der Waals surface area contributed by atoms with E-state index in [0.29, 0.717) is 12.8 Å². The first-order chi connectivity index (χ1) is 9.58. The molecule has 1 aliphatic carbocycles. The lowest BCUT2D eigenvalue weighted by Crippen LogP contribution is -2.36. The number of halogens is 2. The van der Waals surface area contributed by atoms with E-state index >= 15 is 0 Å². The highest BCUT2D eigenvalue weighted by Gasteiger charge is 2.30. The molecule has 6 heteroatoms. The first-order valence-corrected chi connectivity index (χ1v) is 6.61. The number of carbonyl (C=O) groups is 1. The maximum absolute atomic E-state index is 13.2. The Morgan fingerprint density at radius 3 is 2.85 bits per heavy atom. The lowest BCUT2D eigenvalue weighted by atomic mass is 10.1. The molecule has 110 valence electrons. The van der Waals surface area contributed by atoms with Crippen molar-refractivity contribution in [3.8, 4) is 5.75 Å². The van der Waals surface area contributed by atoms with Crippen LogP contribution in [0.2, 0.25) is 0 Å². The van der Waals surface area contributed by atoms with E-state index in [4.69, 9.17) is 4.74 Å². The number of amides is 1. The minimum atomic E-state index is -0.775. The molecule has 4 nitrogen and oxygen atoms in total. The molecular weight excluding hydrogens is 268 g/mol. The number of benzene rings is 1. The number of aliphatic hydroxyl groups excluding tert-OH is 1. The quantitative estimate of drug-likeness (QED) is 0.808. The standard InChI is InChI=1S/C14H17F2NO3/c15-9-4-5-13(11(16)8-9)20-7-6-17-14(19)10-2-1-3-12(10)18/h4-5,8,10,12,18H,1-3,6-7H2,(H,17,19). The van der Waals surface area contributed by atoms with Gasteiger partial charge in [0, 0.05) is 6.07 Å². The number of hydrogen-bond donors (Lipinski definition) is 2. The Labute approximate surface area is 115 Å². The molecule has 0 aromatic heterocycles. The van der Waals surface area contributed by atoms with Gasteiger partial charge in [0.15, 0.2) is 11.6 Å². The third-order valence-electron chi connectivity index (χ3n) is 3.37. The molecule has 0 bridgehead atoms. The van der Waals surface area contributed by atoms with Gasteiger partial charge in [-0.05, 0) is 31.4 Å². The van der Waals surface area contributed by atoms with Gasteiger partial charge in [-0.1, -0.05) is 0 Å². The summed E-state index contributed by atoms with van der Waals surface area (Å²) in [4.78, 5) is 11.7. The molecule has 1 aromatic carbocycles. The van der Waals surface area contributed by atoms with Crippen LogP contribution < -0.4 is 10.1 Å². The third kappa shape index (κ3) is 3.66. The minimum Gasteiger partial charge on any atom is -0.489 e. The molecule has 0 spiro atoms. The van der Waals surface area contributed by atoms with Crippen LogP contribution in [0.5, 0.6) is 5.75 Å². The van der Waals surface area contributed by atoms with Crippen LogP contribution in [0.3, 0.4) is 0 Å². The molecule has 1 aromatic rings. The molecule has 2 rings (SSSR count). The van der Waals surface area contributed by atoms with Gasteiger partial charge in [-0.3, -0.25) is 4.79 Å². The number of ether oxygens (including phenoxy) is 1. The van der Waals surface area contributed by atoms with Crippen molar-refractivity contribution in [3.05, 3.63) is 29.8 Å². The van der Waals surface area contributed by atoms with E-state index in [1.807, 2.05) is 0 Å². The molecule has 1 fully saturated rings. The van der Waals surface area contributed by atoms with E-state index in [0.717, 1.165) is 18.6 Å². The first kappa shape index (κ1) is 14.7. The van der Waals surface area contributed by atoms with Crippen LogP contribution in [0, 0.1) is 17.6 Å². The van der Waals surface area contributed by atoms with Gasteiger partial charge < -0.3 is 15.2 Å². The number of nitrogens with one attached hydrogen (secondary N) is 1. The third-order valence-corrected chi connectivity index (χ3v) is 3.37. The fraction of sp³-hybridized carbons (Fsp3) is 0.500. The Morgan fingerprint density at radius 2 is 2.20 bits per heavy atom. The van der Waals surface area contributed by atoms with E-state index in [2.05, 4.69) is 5.32 Å². The number of aliphatic hydroxyl groups is 1. The SMILES string of the molecule is O=C(NCCOc1ccc(F)cc1F)C1CCCC1O. The van der Waals surface area contributed by atoms with Crippen LogP contribution in [0.15, 0.2) is 18.2 Å². The van der Waals surface area contributed by atoms with Gasteiger partial charge in [0.2, 0.25) is 5.91 Å². The van der Waals surface area contributed by atoms with E-state index < -0.39 is 17.7 Å². The summed E-state index contributed by atoms with van der Waals surface area (Å²) < 4.78 is 31.0. The van der Waals surface area contributed by atoms with E-state index in [-0.39, 0.29) is 30.7 Å². The van der Waals surface area contributed by atoms with Crippen LogP contribution in [0.4, 0.5) is 8.78 Å². The van der Waals surface area contributed by atoms with Crippen LogP contribution in [-0.4, -0.2) is 30.3 Å². The summed E-state index contributed by atoms with van der Waals surface area (Å²) in [6, 6.07) is 3.04. The zero-order valence-corrected chi connectivity index (χ0v) is 10.9. The summed E-state index contributed by atoms with van der Waals surface area (Å²) in [5.74, 6) is -2.07. The molecule has 0 radical (unpaired) electrons. The average molecular weight is 285 g/mol. The summed E-state index contributed by atoms with van der Waals surface area (Å²) in [6.07, 6.45) is 1.59. The Bertz CT molecular complexity index is 481. The maximum atomic E-state index is 13.2. The predicted molar refractivity (Wildman–Crippen MR) is 68.2 cm³/mol. The van der Waals surface area contributed by atoms with Crippen molar-refractivity contribution in [1.82, 2.24) is 5.32 Å². The highest BCUT2D eigenvalue weighted by Crippen LogP contribution is 2.25. The number of rotatable bonds is 5. The normalized spacial score (nSPS) is 21.8. The molecule has 0 aliphatic heterocycles. The summed E-state index contributed by atoms with van der Waals surface area (Å²) in [6.45, 7) is 0.288. The minimum absolute atomic E-state index is 0.0541. The largest absolute Gasteiger partial charge is 0.489 e. The lowest BCUT2D eigenvalue weighted by Gasteiger charge is -2.14. The first-order valence-electron chi connectivity index (χ1n) is 6.61. The second-order valence-corrected chi connectivity index (χ2v) is 4.82.